The van der Waals surface area contributed by atoms with Crippen LogP contribution < -0.4 is 4.74 Å². The number of carbonyl (C=O) groups is 1. The van der Waals surface area contributed by atoms with Crippen LogP contribution >= 0.6 is 0 Å². The molecule has 138 valence electrons. The predicted octanol–water partition coefficient (Wildman–Crippen LogP) is 4.93. The van der Waals surface area contributed by atoms with Gasteiger partial charge in [-0.2, -0.15) is 4.98 Å². The molecule has 0 amide bonds. The number of aromatic nitrogens is 2. The number of carboxylic acid groups (broad SMARTS) is 1. The fraction of sp³-hybridized carbons (Fsp3) is 0.476. The molecule has 0 spiro atoms. The van der Waals surface area contributed by atoms with Gasteiger partial charge >= 0.3 is 12.0 Å². The summed E-state index contributed by atoms with van der Waals surface area (Å²) in [5.74, 6) is -0.415. The van der Waals surface area contributed by atoms with Gasteiger partial charge in [-0.3, -0.25) is 0 Å². The van der Waals surface area contributed by atoms with Crippen LogP contribution in [-0.4, -0.2) is 21.0 Å². The molecule has 0 atom stereocenters. The molecule has 1 aliphatic rings. The summed E-state index contributed by atoms with van der Waals surface area (Å²) in [7, 11) is 0. The molecule has 0 radical (unpaired) electrons. The van der Waals surface area contributed by atoms with Crippen LogP contribution in [0.15, 0.2) is 18.2 Å². The smallest absolute Gasteiger partial charge is 0.354 e. The third-order valence-electron chi connectivity index (χ3n) is 5.40. The van der Waals surface area contributed by atoms with Crippen LogP contribution in [0, 0.1) is 13.8 Å². The molecule has 1 N–H and O–H groups in total. The highest BCUT2D eigenvalue weighted by Gasteiger charge is 2.37. The molecule has 0 aliphatic heterocycles. The molecule has 0 bridgehead atoms. The highest BCUT2D eigenvalue weighted by atomic mass is 16.5. The van der Waals surface area contributed by atoms with E-state index in [-0.39, 0.29) is 22.5 Å². The van der Waals surface area contributed by atoms with Crippen LogP contribution in [0.5, 0.6) is 11.8 Å². The van der Waals surface area contributed by atoms with Crippen LogP contribution in [0.25, 0.3) is 0 Å². The maximum absolute atomic E-state index is 11.2. The zero-order chi connectivity index (χ0) is 19.3. The van der Waals surface area contributed by atoms with Crippen molar-refractivity contribution >= 4 is 5.97 Å². The van der Waals surface area contributed by atoms with Crippen molar-refractivity contribution < 1.29 is 14.6 Å². The average Bonchev–Trinajstić information content (AvgIpc) is 2.53. The largest absolute Gasteiger partial charge is 0.477 e. The van der Waals surface area contributed by atoms with Crippen molar-refractivity contribution in [1.82, 2.24) is 9.97 Å². The van der Waals surface area contributed by atoms with Gasteiger partial charge in [-0.05, 0) is 66.3 Å². The number of benzene rings is 1. The number of ether oxygens (including phenoxy) is 1. The molecule has 0 saturated heterocycles. The molecule has 1 aromatic carbocycles. The Morgan fingerprint density at radius 1 is 1.00 bits per heavy atom. The topological polar surface area (TPSA) is 72.3 Å². The zero-order valence-electron chi connectivity index (χ0n) is 16.3. The summed E-state index contributed by atoms with van der Waals surface area (Å²) in [5, 5.41) is 9.19. The first kappa shape index (κ1) is 18.4. The predicted molar refractivity (Wildman–Crippen MR) is 100 cm³/mol. The fourth-order valence-corrected chi connectivity index (χ4v) is 3.61. The normalized spacial score (nSPS) is 17.5. The van der Waals surface area contributed by atoms with Crippen molar-refractivity contribution in [3.63, 3.8) is 0 Å². The Labute approximate surface area is 154 Å². The molecule has 5 heteroatoms. The van der Waals surface area contributed by atoms with Gasteiger partial charge in [-0.1, -0.05) is 33.8 Å². The number of hydrogen-bond donors (Lipinski definition) is 1. The lowest BCUT2D eigenvalue weighted by atomic mass is 9.63. The van der Waals surface area contributed by atoms with E-state index in [2.05, 4.69) is 49.8 Å². The summed E-state index contributed by atoms with van der Waals surface area (Å²) in [5.41, 5.74) is 4.32. The number of aryl methyl sites for hydroxylation is 2. The van der Waals surface area contributed by atoms with Gasteiger partial charge in [0.05, 0.1) is 0 Å². The van der Waals surface area contributed by atoms with Crippen molar-refractivity contribution in [2.24, 2.45) is 0 Å². The Balaban J connectivity index is 2.07. The molecular formula is C21H26N2O3. The minimum absolute atomic E-state index is 0.0652. The van der Waals surface area contributed by atoms with Crippen LogP contribution in [0.3, 0.4) is 0 Å². The van der Waals surface area contributed by atoms with Gasteiger partial charge in [0, 0.05) is 5.69 Å². The first-order valence-electron chi connectivity index (χ1n) is 8.92. The van der Waals surface area contributed by atoms with Gasteiger partial charge in [-0.25, -0.2) is 9.78 Å². The number of hydrogen-bond acceptors (Lipinski definition) is 4. The van der Waals surface area contributed by atoms with E-state index >= 15 is 0 Å². The maximum atomic E-state index is 11.2. The van der Waals surface area contributed by atoms with Gasteiger partial charge in [-0.15, -0.1) is 0 Å². The van der Waals surface area contributed by atoms with Crippen LogP contribution in [-0.2, 0) is 10.8 Å². The highest BCUT2D eigenvalue weighted by Crippen LogP contribution is 2.47. The summed E-state index contributed by atoms with van der Waals surface area (Å²) in [4.78, 5) is 19.5. The van der Waals surface area contributed by atoms with Crippen molar-refractivity contribution in [2.75, 3.05) is 0 Å². The lowest BCUT2D eigenvalue weighted by Crippen LogP contribution is -2.33. The number of rotatable bonds is 3. The minimum atomic E-state index is -1.09. The zero-order valence-corrected chi connectivity index (χ0v) is 16.3. The van der Waals surface area contributed by atoms with Gasteiger partial charge < -0.3 is 9.84 Å². The molecule has 0 saturated carbocycles. The van der Waals surface area contributed by atoms with Gasteiger partial charge in [0.2, 0.25) is 0 Å². The standard InChI is InChI=1S/C21H26N2O3/c1-12-9-14-15(21(5,6)8-7-20(14,3)4)11-17(12)26-19-22-13(2)10-16(23-19)18(24)25/h9-11H,7-8H2,1-6H3,(H,24,25). The van der Waals surface area contributed by atoms with E-state index in [1.807, 2.05) is 6.92 Å². The summed E-state index contributed by atoms with van der Waals surface area (Å²) in [6, 6.07) is 5.77. The quantitative estimate of drug-likeness (QED) is 0.846. The Morgan fingerprint density at radius 3 is 2.15 bits per heavy atom. The molecule has 3 rings (SSSR count). The second-order valence-corrected chi connectivity index (χ2v) is 8.52. The van der Waals surface area contributed by atoms with E-state index in [1.54, 1.807) is 6.92 Å². The minimum Gasteiger partial charge on any atom is -0.477 e. The Hall–Kier alpha value is -2.43. The molecule has 26 heavy (non-hydrogen) atoms. The van der Waals surface area contributed by atoms with E-state index in [0.29, 0.717) is 11.4 Å². The Kier molecular flexibility index (Phi) is 4.29. The first-order valence-corrected chi connectivity index (χ1v) is 8.92. The van der Waals surface area contributed by atoms with Crippen LogP contribution in [0.2, 0.25) is 0 Å². The molecule has 1 aliphatic carbocycles. The first-order chi connectivity index (χ1) is 12.0. The van der Waals surface area contributed by atoms with Crippen molar-refractivity contribution in [1.29, 1.82) is 0 Å². The summed E-state index contributed by atoms with van der Waals surface area (Å²) in [6.45, 7) is 12.8. The third kappa shape index (κ3) is 3.30. The fourth-order valence-electron chi connectivity index (χ4n) is 3.61. The van der Waals surface area contributed by atoms with E-state index in [9.17, 15) is 9.90 Å². The van der Waals surface area contributed by atoms with E-state index in [4.69, 9.17) is 4.74 Å². The molecule has 2 aromatic rings. The second-order valence-electron chi connectivity index (χ2n) is 8.52. The summed E-state index contributed by atoms with van der Waals surface area (Å²) in [6.07, 6.45) is 2.26. The maximum Gasteiger partial charge on any atom is 0.354 e. The van der Waals surface area contributed by atoms with E-state index in [1.165, 1.54) is 17.2 Å². The molecule has 0 fully saturated rings. The molecule has 0 unspecified atom stereocenters. The number of carboxylic acids is 1. The van der Waals surface area contributed by atoms with Crippen LogP contribution in [0.4, 0.5) is 0 Å². The van der Waals surface area contributed by atoms with Gasteiger partial charge in [0.15, 0.2) is 5.69 Å². The number of aromatic carboxylic acids is 1. The lowest BCUT2D eigenvalue weighted by molar-refractivity contribution is 0.0689. The van der Waals surface area contributed by atoms with Crippen molar-refractivity contribution in [3.8, 4) is 11.8 Å². The lowest BCUT2D eigenvalue weighted by Gasteiger charge is -2.42. The summed E-state index contributed by atoms with van der Waals surface area (Å²) >= 11 is 0. The second kappa shape index (κ2) is 6.08. The van der Waals surface area contributed by atoms with Crippen molar-refractivity contribution in [3.05, 3.63) is 46.3 Å². The Morgan fingerprint density at radius 2 is 1.58 bits per heavy atom. The van der Waals surface area contributed by atoms with Crippen LogP contribution in [0.1, 0.15) is 73.4 Å². The SMILES string of the molecule is Cc1cc(C(=O)O)nc(Oc2cc3c(cc2C)C(C)(C)CCC3(C)C)n1. The number of nitrogens with zero attached hydrogens (tertiary/aromatic N) is 2. The molecular weight excluding hydrogens is 328 g/mol. The third-order valence-corrected chi connectivity index (χ3v) is 5.40. The molecule has 1 aromatic heterocycles. The number of fused-ring (bicyclic) bond motifs is 1. The molecule has 5 nitrogen and oxygen atoms in total. The van der Waals surface area contributed by atoms with Gasteiger partial charge in [0.1, 0.15) is 5.75 Å². The average molecular weight is 354 g/mol. The van der Waals surface area contributed by atoms with E-state index < -0.39 is 5.97 Å². The van der Waals surface area contributed by atoms with E-state index in [0.717, 1.165) is 18.4 Å². The van der Waals surface area contributed by atoms with Gasteiger partial charge in [0.25, 0.3) is 0 Å². The highest BCUT2D eigenvalue weighted by molar-refractivity contribution is 5.85. The summed E-state index contributed by atoms with van der Waals surface area (Å²) < 4.78 is 5.92. The molecule has 1 heterocycles. The monoisotopic (exact) mass is 354 g/mol. The Bertz CT molecular complexity index is 885. The van der Waals surface area contributed by atoms with Crippen molar-refractivity contribution in [2.45, 2.75) is 65.2 Å².